The molecule has 23 heavy (non-hydrogen) atoms. The summed E-state index contributed by atoms with van der Waals surface area (Å²) in [6.45, 7) is 6.61. The third-order valence-corrected chi connectivity index (χ3v) is 3.89. The molecule has 0 bridgehead atoms. The monoisotopic (exact) mass is 334 g/mol. The normalized spacial score (nSPS) is 11.0. The highest BCUT2D eigenvalue weighted by molar-refractivity contribution is 7.15. The maximum atomic E-state index is 12.2. The lowest BCUT2D eigenvalue weighted by molar-refractivity contribution is 0.0947. The first-order valence-corrected chi connectivity index (χ1v) is 8.46. The van der Waals surface area contributed by atoms with Gasteiger partial charge in [0.1, 0.15) is 16.5 Å². The van der Waals surface area contributed by atoms with Gasteiger partial charge >= 0.3 is 0 Å². The number of nitrogen functional groups attached to an aromatic ring is 1. The van der Waals surface area contributed by atoms with Crippen molar-refractivity contribution in [2.75, 3.05) is 12.3 Å². The van der Waals surface area contributed by atoms with Gasteiger partial charge in [-0.1, -0.05) is 25.2 Å². The van der Waals surface area contributed by atoms with Gasteiger partial charge in [0, 0.05) is 18.7 Å². The molecule has 1 amide bonds. The third kappa shape index (κ3) is 5.55. The molecule has 0 fully saturated rings. The summed E-state index contributed by atoms with van der Waals surface area (Å²) >= 11 is 1.37. The van der Waals surface area contributed by atoms with Crippen LogP contribution >= 0.6 is 11.3 Å². The van der Waals surface area contributed by atoms with Crippen molar-refractivity contribution < 1.29 is 4.79 Å². The Balaban J connectivity index is 1.86. The van der Waals surface area contributed by atoms with E-state index in [1.165, 1.54) is 11.3 Å². The van der Waals surface area contributed by atoms with Crippen LogP contribution < -0.4 is 11.1 Å². The summed E-state index contributed by atoms with van der Waals surface area (Å²) in [5.41, 5.74) is 6.86. The number of carbonyl (C=O) groups excluding carboxylic acids is 1. The summed E-state index contributed by atoms with van der Waals surface area (Å²) in [6.07, 6.45) is 2.36. The summed E-state index contributed by atoms with van der Waals surface area (Å²) in [5, 5.41) is 11.9. The van der Waals surface area contributed by atoms with Gasteiger partial charge in [0.05, 0.1) is 0 Å². The molecule has 2 heterocycles. The standard InChI is InChI=1S/C15H22N6OS/c1-9(2)7-11-8-12(19-10(3)18-11)14(22)17-6-4-5-13-20-21-15(16)23-13/h8-9H,4-7H2,1-3H3,(H2,16,21)(H,17,22). The number of aromatic nitrogens is 4. The molecule has 0 saturated heterocycles. The second-order valence-corrected chi connectivity index (χ2v) is 6.88. The van der Waals surface area contributed by atoms with Crippen molar-refractivity contribution in [3.05, 3.63) is 28.3 Å². The van der Waals surface area contributed by atoms with Gasteiger partial charge in [0.15, 0.2) is 0 Å². The molecule has 0 aliphatic rings. The number of nitrogens with zero attached hydrogens (tertiary/aromatic N) is 4. The molecule has 7 nitrogen and oxygen atoms in total. The van der Waals surface area contributed by atoms with Gasteiger partial charge in [-0.05, 0) is 31.7 Å². The number of rotatable bonds is 7. The summed E-state index contributed by atoms with van der Waals surface area (Å²) in [6, 6.07) is 1.77. The molecule has 0 unspecified atom stereocenters. The van der Waals surface area contributed by atoms with E-state index in [2.05, 4.69) is 39.3 Å². The minimum Gasteiger partial charge on any atom is -0.374 e. The molecule has 0 aromatic carbocycles. The van der Waals surface area contributed by atoms with E-state index >= 15 is 0 Å². The minimum atomic E-state index is -0.169. The number of hydrogen-bond donors (Lipinski definition) is 2. The average Bonchev–Trinajstić information content (AvgIpc) is 2.87. The molecule has 0 radical (unpaired) electrons. The minimum absolute atomic E-state index is 0.169. The van der Waals surface area contributed by atoms with Gasteiger partial charge in [0.25, 0.3) is 5.91 Å². The molecule has 0 aliphatic heterocycles. The number of carbonyl (C=O) groups is 1. The summed E-state index contributed by atoms with van der Waals surface area (Å²) in [5.74, 6) is 0.939. The summed E-state index contributed by atoms with van der Waals surface area (Å²) < 4.78 is 0. The van der Waals surface area contributed by atoms with E-state index in [0.717, 1.165) is 30.0 Å². The van der Waals surface area contributed by atoms with Gasteiger partial charge in [-0.15, -0.1) is 10.2 Å². The Kier molecular flexibility index (Phi) is 5.97. The molecule has 0 aliphatic carbocycles. The Labute approximate surface area is 139 Å². The second kappa shape index (κ2) is 7.96. The molecule has 124 valence electrons. The van der Waals surface area contributed by atoms with Crippen LogP contribution in [0.3, 0.4) is 0 Å². The van der Waals surface area contributed by atoms with Crippen LogP contribution in [0, 0.1) is 12.8 Å². The summed E-state index contributed by atoms with van der Waals surface area (Å²) in [4.78, 5) is 20.8. The van der Waals surface area contributed by atoms with Crippen molar-refractivity contribution in [1.29, 1.82) is 0 Å². The molecule has 0 saturated carbocycles. The van der Waals surface area contributed by atoms with Gasteiger partial charge in [0.2, 0.25) is 5.13 Å². The Morgan fingerprint density at radius 2 is 2.13 bits per heavy atom. The number of nitrogens with two attached hydrogens (primary N) is 1. The number of nitrogens with one attached hydrogen (secondary N) is 1. The van der Waals surface area contributed by atoms with Crippen molar-refractivity contribution >= 4 is 22.4 Å². The van der Waals surface area contributed by atoms with Gasteiger partial charge in [-0.25, -0.2) is 9.97 Å². The Hall–Kier alpha value is -2.09. The van der Waals surface area contributed by atoms with E-state index < -0.39 is 0 Å². The molecular formula is C15H22N6OS. The van der Waals surface area contributed by atoms with E-state index in [9.17, 15) is 4.79 Å². The van der Waals surface area contributed by atoms with Crippen molar-refractivity contribution in [3.8, 4) is 0 Å². The zero-order valence-corrected chi connectivity index (χ0v) is 14.5. The third-order valence-electron chi connectivity index (χ3n) is 3.08. The highest BCUT2D eigenvalue weighted by Gasteiger charge is 2.11. The van der Waals surface area contributed by atoms with E-state index in [0.29, 0.717) is 29.1 Å². The first kappa shape index (κ1) is 17.3. The van der Waals surface area contributed by atoms with Crippen LogP contribution in [0.4, 0.5) is 5.13 Å². The molecule has 2 aromatic heterocycles. The molecule has 2 rings (SSSR count). The van der Waals surface area contributed by atoms with Crippen LogP contribution in [0.2, 0.25) is 0 Å². The lowest BCUT2D eigenvalue weighted by Gasteiger charge is -2.08. The number of amides is 1. The van der Waals surface area contributed by atoms with E-state index in [1.807, 2.05) is 0 Å². The van der Waals surface area contributed by atoms with E-state index in [-0.39, 0.29) is 5.91 Å². The average molecular weight is 334 g/mol. The maximum absolute atomic E-state index is 12.2. The molecule has 0 spiro atoms. The first-order chi connectivity index (χ1) is 10.9. The van der Waals surface area contributed by atoms with E-state index in [4.69, 9.17) is 5.73 Å². The van der Waals surface area contributed by atoms with Crippen molar-refractivity contribution in [3.63, 3.8) is 0 Å². The fourth-order valence-corrected chi connectivity index (χ4v) is 2.82. The largest absolute Gasteiger partial charge is 0.374 e. The van der Waals surface area contributed by atoms with E-state index in [1.54, 1.807) is 13.0 Å². The van der Waals surface area contributed by atoms with Crippen LogP contribution in [-0.4, -0.2) is 32.6 Å². The fraction of sp³-hybridized carbons (Fsp3) is 0.533. The van der Waals surface area contributed by atoms with Gasteiger partial charge in [-0.2, -0.15) is 0 Å². The highest BCUT2D eigenvalue weighted by Crippen LogP contribution is 2.12. The zero-order chi connectivity index (χ0) is 16.8. The molecule has 0 atom stereocenters. The highest BCUT2D eigenvalue weighted by atomic mass is 32.1. The smallest absolute Gasteiger partial charge is 0.270 e. The van der Waals surface area contributed by atoms with Gasteiger partial charge in [-0.3, -0.25) is 4.79 Å². The molecule has 8 heteroatoms. The maximum Gasteiger partial charge on any atom is 0.270 e. The lowest BCUT2D eigenvalue weighted by Crippen LogP contribution is -2.26. The van der Waals surface area contributed by atoms with Gasteiger partial charge < -0.3 is 11.1 Å². The van der Waals surface area contributed by atoms with Crippen LogP contribution in [0.5, 0.6) is 0 Å². The molecular weight excluding hydrogens is 312 g/mol. The Morgan fingerprint density at radius 1 is 1.35 bits per heavy atom. The number of aryl methyl sites for hydroxylation is 2. The van der Waals surface area contributed by atoms with Crippen molar-refractivity contribution in [2.45, 2.75) is 40.0 Å². The SMILES string of the molecule is Cc1nc(CC(C)C)cc(C(=O)NCCCc2nnc(N)s2)n1. The predicted molar refractivity (Wildman–Crippen MR) is 90.3 cm³/mol. The zero-order valence-electron chi connectivity index (χ0n) is 13.7. The Bertz CT molecular complexity index is 670. The fourth-order valence-electron chi connectivity index (χ4n) is 2.17. The first-order valence-electron chi connectivity index (χ1n) is 7.64. The number of anilines is 1. The second-order valence-electron chi connectivity index (χ2n) is 5.78. The van der Waals surface area contributed by atoms with Crippen LogP contribution in [-0.2, 0) is 12.8 Å². The van der Waals surface area contributed by atoms with Crippen LogP contribution in [0.1, 0.15) is 47.3 Å². The van der Waals surface area contributed by atoms with Crippen molar-refractivity contribution in [1.82, 2.24) is 25.5 Å². The molecule has 3 N–H and O–H groups in total. The topological polar surface area (TPSA) is 107 Å². The van der Waals surface area contributed by atoms with Crippen molar-refractivity contribution in [2.24, 2.45) is 5.92 Å². The van der Waals surface area contributed by atoms with Crippen LogP contribution in [0.25, 0.3) is 0 Å². The quantitative estimate of drug-likeness (QED) is 0.748. The molecule has 2 aromatic rings. The van der Waals surface area contributed by atoms with Crippen LogP contribution in [0.15, 0.2) is 6.07 Å². The summed E-state index contributed by atoms with van der Waals surface area (Å²) in [7, 11) is 0. The number of hydrogen-bond acceptors (Lipinski definition) is 7. The predicted octanol–water partition coefficient (Wildman–Crippen LogP) is 1.78. The lowest BCUT2D eigenvalue weighted by atomic mass is 10.1. The Morgan fingerprint density at radius 3 is 2.78 bits per heavy atom.